The van der Waals surface area contributed by atoms with Crippen LogP contribution in [-0.2, 0) is 33.7 Å². The van der Waals surface area contributed by atoms with Crippen molar-refractivity contribution in [3.8, 4) is 22.8 Å². The summed E-state index contributed by atoms with van der Waals surface area (Å²) >= 11 is 4.30. The van der Waals surface area contributed by atoms with Crippen molar-refractivity contribution in [2.45, 2.75) is 0 Å². The summed E-state index contributed by atoms with van der Waals surface area (Å²) in [7, 11) is 0. The number of hydrogen-bond donors (Lipinski definition) is 1. The van der Waals surface area contributed by atoms with Crippen LogP contribution in [0.4, 0.5) is 0 Å². The Morgan fingerprint density at radius 3 is 1.52 bits per heavy atom. The van der Waals surface area contributed by atoms with Gasteiger partial charge in [0.15, 0.2) is 0 Å². The van der Waals surface area contributed by atoms with Gasteiger partial charge in [-0.2, -0.15) is 5.75 Å². The van der Waals surface area contributed by atoms with Gasteiger partial charge in [0.2, 0.25) is 0 Å². The maximum Gasteiger partial charge on any atom is 2.00 e. The zero-order valence-corrected chi connectivity index (χ0v) is 17.0. The van der Waals surface area contributed by atoms with Crippen LogP contribution in [0.5, 0.6) is 0 Å². The van der Waals surface area contributed by atoms with Gasteiger partial charge in [-0.15, -0.1) is 0 Å². The molecule has 144 valence electrons. The van der Waals surface area contributed by atoms with E-state index in [4.69, 9.17) is 20.4 Å². The molecule has 0 aliphatic heterocycles. The van der Waals surface area contributed by atoms with Gasteiger partial charge < -0.3 is 33.1 Å². The van der Waals surface area contributed by atoms with Crippen LogP contribution in [-0.4, -0.2) is 37.5 Å². The Kier molecular flexibility index (Phi) is 13.5. The van der Waals surface area contributed by atoms with Gasteiger partial charge in [0.05, 0.1) is 27.9 Å². The summed E-state index contributed by atoms with van der Waals surface area (Å²) in [6, 6.07) is 17.5. The van der Waals surface area contributed by atoms with Crippen LogP contribution in [0.1, 0.15) is 0 Å². The van der Waals surface area contributed by atoms with Crippen LogP contribution in [0.3, 0.4) is 0 Å². The summed E-state index contributed by atoms with van der Waals surface area (Å²) in [6.07, 6.45) is 3.54. The van der Waals surface area contributed by atoms with Crippen molar-refractivity contribution < 1.29 is 31.3 Å². The minimum atomic E-state index is -1.75. The third-order valence-electron chi connectivity index (χ3n) is 2.70. The van der Waals surface area contributed by atoms with Crippen LogP contribution >= 0.6 is 0 Å². The molecule has 0 bridgehead atoms. The molecule has 0 saturated carbocycles. The van der Waals surface area contributed by atoms with E-state index >= 15 is 0 Å². The smallest absolute Gasteiger partial charge is 0.790 e. The van der Waals surface area contributed by atoms with Gasteiger partial charge in [0, 0.05) is 19.0 Å². The van der Waals surface area contributed by atoms with E-state index in [9.17, 15) is 0 Å². The van der Waals surface area contributed by atoms with Crippen LogP contribution in [0, 0.1) is 15.3 Å². The number of pyridine rings is 3. The van der Waals surface area contributed by atoms with E-state index in [-0.39, 0.29) is 27.7 Å². The zero-order chi connectivity index (χ0) is 19.2. The first-order chi connectivity index (χ1) is 12.6. The first-order valence-corrected chi connectivity index (χ1v) is 7.96. The number of rotatable bonds is 3. The Morgan fingerprint density at radius 2 is 1.22 bits per heavy atom. The standard InChI is InChI=1S/C15H11N3.C2H6OS.NO3.Pt/c1-3-10-16-12(6-1)14-8-5-9-15(18-14)13-7-2-4-11-17-13;3-1-2-4;2-1(3)4;/h1-11H;3-4H,1-2H2;;/q;;-1;+2/p-1. The molecule has 0 atom stereocenters. The van der Waals surface area contributed by atoms with Crippen molar-refractivity contribution in [1.82, 2.24) is 15.0 Å². The molecule has 10 heteroatoms. The van der Waals surface area contributed by atoms with Crippen molar-refractivity contribution in [2.75, 3.05) is 12.4 Å². The quantitative estimate of drug-likeness (QED) is 0.291. The molecule has 0 aliphatic rings. The van der Waals surface area contributed by atoms with Gasteiger partial charge >= 0.3 is 21.1 Å². The third kappa shape index (κ3) is 10.4. The van der Waals surface area contributed by atoms with E-state index in [0.717, 1.165) is 22.8 Å². The second kappa shape index (κ2) is 14.8. The maximum absolute atomic E-state index is 8.25. The molecule has 3 rings (SSSR count). The average Bonchev–Trinajstić information content (AvgIpc) is 2.69. The molecular weight excluding hydrogens is 551 g/mol. The number of aliphatic hydroxyl groups excluding tert-OH is 1. The van der Waals surface area contributed by atoms with E-state index in [1.165, 1.54) is 0 Å². The zero-order valence-electron chi connectivity index (χ0n) is 14.0. The molecule has 0 amide bonds. The molecule has 8 nitrogen and oxygen atoms in total. The van der Waals surface area contributed by atoms with Crippen molar-refractivity contribution in [1.29, 1.82) is 0 Å². The van der Waals surface area contributed by atoms with Crippen molar-refractivity contribution >= 4 is 12.6 Å². The molecule has 3 aromatic rings. The molecule has 0 spiro atoms. The molecule has 3 aromatic heterocycles. The Hall–Kier alpha value is -2.35. The maximum atomic E-state index is 8.25. The topological polar surface area (TPSA) is 125 Å². The minimum Gasteiger partial charge on any atom is -0.790 e. The molecule has 27 heavy (non-hydrogen) atoms. The average molecular weight is 567 g/mol. The SMILES string of the molecule is O=[N+]([O-])[O-].OCC[S-].[Pt+2].c1ccc(-c2cccc(-c3ccccn3)n2)nc1. The molecule has 0 fully saturated rings. The first-order valence-electron chi connectivity index (χ1n) is 7.38. The molecular formula is C17H16N4O4PtS. The Balaban J connectivity index is 0.000000646. The molecule has 0 aromatic carbocycles. The fraction of sp³-hybridized carbons (Fsp3) is 0.118. The molecule has 1 N–H and O–H groups in total. The molecule has 0 saturated heterocycles. The normalized spacial score (nSPS) is 8.81. The molecule has 0 radical (unpaired) electrons. The second-order valence-corrected chi connectivity index (χ2v) is 4.90. The van der Waals surface area contributed by atoms with Crippen LogP contribution < -0.4 is 0 Å². The molecule has 3 heterocycles. The van der Waals surface area contributed by atoms with E-state index in [1.54, 1.807) is 12.4 Å². The summed E-state index contributed by atoms with van der Waals surface area (Å²) in [5, 5.41) is 22.5. The fourth-order valence-corrected chi connectivity index (χ4v) is 1.75. The van der Waals surface area contributed by atoms with Gasteiger partial charge in [-0.3, -0.25) is 9.97 Å². The largest absolute Gasteiger partial charge is 2.00 e. The number of hydrogen-bond acceptors (Lipinski definition) is 8. The van der Waals surface area contributed by atoms with Gasteiger partial charge in [0.1, 0.15) is 0 Å². The predicted molar refractivity (Wildman–Crippen MR) is 100 cm³/mol. The van der Waals surface area contributed by atoms with Gasteiger partial charge in [-0.1, -0.05) is 18.2 Å². The van der Waals surface area contributed by atoms with E-state index in [1.807, 2.05) is 54.6 Å². The molecule has 0 aliphatic carbocycles. The van der Waals surface area contributed by atoms with Crippen LogP contribution in [0.25, 0.3) is 22.8 Å². The summed E-state index contributed by atoms with van der Waals surface area (Å²) in [5.74, 6) is 0.458. The predicted octanol–water partition coefficient (Wildman–Crippen LogP) is 2.49. The van der Waals surface area contributed by atoms with E-state index in [0.29, 0.717) is 5.75 Å². The summed E-state index contributed by atoms with van der Waals surface area (Å²) in [5.41, 5.74) is 3.46. The van der Waals surface area contributed by atoms with E-state index in [2.05, 4.69) is 27.6 Å². The van der Waals surface area contributed by atoms with Crippen LogP contribution in [0.2, 0.25) is 0 Å². The second-order valence-electron chi connectivity index (χ2n) is 4.49. The van der Waals surface area contributed by atoms with Gasteiger partial charge in [0.25, 0.3) is 0 Å². The van der Waals surface area contributed by atoms with Crippen LogP contribution in [0.15, 0.2) is 67.0 Å². The fourth-order valence-electron chi connectivity index (χ4n) is 1.75. The monoisotopic (exact) mass is 567 g/mol. The van der Waals surface area contributed by atoms with Gasteiger partial charge in [-0.05, 0) is 36.4 Å². The number of aliphatic hydroxyl groups is 1. The summed E-state index contributed by atoms with van der Waals surface area (Å²) < 4.78 is 0. The Bertz CT molecular complexity index is 721. The Labute approximate surface area is 176 Å². The van der Waals surface area contributed by atoms with Gasteiger partial charge in [-0.25, -0.2) is 4.98 Å². The van der Waals surface area contributed by atoms with Crippen molar-refractivity contribution in [3.63, 3.8) is 0 Å². The van der Waals surface area contributed by atoms with Crippen molar-refractivity contribution in [2.24, 2.45) is 0 Å². The molecule has 0 unspecified atom stereocenters. The van der Waals surface area contributed by atoms with Crippen molar-refractivity contribution in [3.05, 3.63) is 82.3 Å². The third-order valence-corrected chi connectivity index (χ3v) is 2.88. The first kappa shape index (κ1) is 24.6. The number of nitrogens with zero attached hydrogens (tertiary/aromatic N) is 4. The number of aromatic nitrogens is 3. The Morgan fingerprint density at radius 1 is 0.852 bits per heavy atom. The van der Waals surface area contributed by atoms with E-state index < -0.39 is 5.09 Å². The minimum absolute atomic E-state index is 0. The summed E-state index contributed by atoms with van der Waals surface area (Å²) in [4.78, 5) is 21.4. The summed E-state index contributed by atoms with van der Waals surface area (Å²) in [6.45, 7) is 0.134.